The summed E-state index contributed by atoms with van der Waals surface area (Å²) < 4.78 is 78.4. The summed E-state index contributed by atoms with van der Waals surface area (Å²) in [6.45, 7) is -0.335. The minimum atomic E-state index is -4.82. The summed E-state index contributed by atoms with van der Waals surface area (Å²) in [6.07, 6.45) is 7.25. The molecule has 0 aliphatic heterocycles. The van der Waals surface area contributed by atoms with Crippen LogP contribution in [0.1, 0.15) is 42.9 Å². The van der Waals surface area contributed by atoms with E-state index in [4.69, 9.17) is 14.2 Å². The molecule has 2 aromatic heterocycles. The second-order valence-electron chi connectivity index (χ2n) is 9.90. The molecule has 4 aromatic rings. The van der Waals surface area contributed by atoms with Gasteiger partial charge in [-0.1, -0.05) is 6.42 Å². The zero-order chi connectivity index (χ0) is 29.9. The van der Waals surface area contributed by atoms with E-state index in [0.29, 0.717) is 23.5 Å². The Bertz CT molecular complexity index is 1630. The van der Waals surface area contributed by atoms with Crippen LogP contribution in [0.3, 0.4) is 0 Å². The van der Waals surface area contributed by atoms with Crippen molar-refractivity contribution in [1.82, 2.24) is 19.7 Å². The van der Waals surface area contributed by atoms with Gasteiger partial charge < -0.3 is 14.2 Å². The number of ether oxygens (including phenoxy) is 3. The molecule has 1 aliphatic rings. The predicted octanol–water partition coefficient (Wildman–Crippen LogP) is 5.01. The molecule has 2 aromatic carbocycles. The number of sulfonamides is 1. The van der Waals surface area contributed by atoms with Crippen LogP contribution in [0.4, 0.5) is 14.6 Å². The van der Waals surface area contributed by atoms with Crippen molar-refractivity contribution >= 4 is 15.8 Å². The lowest BCUT2D eigenvalue weighted by Gasteiger charge is -2.32. The predicted molar refractivity (Wildman–Crippen MR) is 150 cm³/mol. The van der Waals surface area contributed by atoms with Crippen molar-refractivity contribution < 1.29 is 31.4 Å². The molecule has 1 aliphatic carbocycles. The van der Waals surface area contributed by atoms with E-state index >= 15 is 8.78 Å². The van der Waals surface area contributed by atoms with Crippen molar-refractivity contribution in [3.8, 4) is 17.2 Å². The Kier molecular flexibility index (Phi) is 8.57. The topological polar surface area (TPSA) is 109 Å². The summed E-state index contributed by atoms with van der Waals surface area (Å²) >= 11 is 0. The second-order valence-corrected chi connectivity index (χ2v) is 11.7. The van der Waals surface area contributed by atoms with Gasteiger partial charge in [-0.05, 0) is 37.5 Å². The number of nitrogens with zero attached hydrogens (tertiary/aromatic N) is 5. The Balaban J connectivity index is 1.49. The molecule has 0 unspecified atom stereocenters. The highest BCUT2D eigenvalue weighted by Gasteiger charge is 2.35. The van der Waals surface area contributed by atoms with E-state index in [9.17, 15) is 8.42 Å². The van der Waals surface area contributed by atoms with Crippen LogP contribution in [0.25, 0.3) is 0 Å². The maximum atomic E-state index is 15.6. The third-order valence-corrected chi connectivity index (χ3v) is 9.18. The van der Waals surface area contributed by atoms with Crippen molar-refractivity contribution in [2.24, 2.45) is 7.05 Å². The maximum Gasteiger partial charge on any atom is 0.271 e. The molecular formula is C29H31F2N5O5S. The summed E-state index contributed by atoms with van der Waals surface area (Å²) in [4.78, 5) is 6.76. The first-order valence-corrected chi connectivity index (χ1v) is 14.8. The van der Waals surface area contributed by atoms with Gasteiger partial charge >= 0.3 is 0 Å². The van der Waals surface area contributed by atoms with E-state index in [-0.39, 0.29) is 30.1 Å². The number of aryl methyl sites for hydroxylation is 1. The molecule has 0 saturated heterocycles. The number of hydrogen-bond donors (Lipinski definition) is 0. The van der Waals surface area contributed by atoms with Crippen LogP contribution < -0.4 is 18.5 Å². The molecule has 2 atom stereocenters. The molecule has 0 spiro atoms. The SMILES string of the molecule is COc1ccc(CN(c2ccncn2)S(=O)(=O)c2c(F)cc(O[C@H]3CCCC[C@@H]3c3ccnn3C)cc2F)c(OC)c1. The van der Waals surface area contributed by atoms with E-state index in [0.717, 1.165) is 47.7 Å². The molecule has 0 N–H and O–H groups in total. The zero-order valence-electron chi connectivity index (χ0n) is 23.4. The molecule has 0 radical (unpaired) electrons. The first-order valence-electron chi connectivity index (χ1n) is 13.4. The van der Waals surface area contributed by atoms with Crippen molar-refractivity contribution in [3.63, 3.8) is 0 Å². The summed E-state index contributed by atoms with van der Waals surface area (Å²) in [5, 5.41) is 4.24. The summed E-state index contributed by atoms with van der Waals surface area (Å²) in [5.74, 6) is -1.94. The highest BCUT2D eigenvalue weighted by molar-refractivity contribution is 7.92. The van der Waals surface area contributed by atoms with Gasteiger partial charge in [-0.15, -0.1) is 0 Å². The van der Waals surface area contributed by atoms with Gasteiger partial charge in [0.15, 0.2) is 4.90 Å². The molecule has 2 heterocycles. The average molecular weight is 600 g/mol. The minimum absolute atomic E-state index is 0.0199. The van der Waals surface area contributed by atoms with E-state index in [1.807, 2.05) is 13.1 Å². The van der Waals surface area contributed by atoms with Crippen LogP contribution in [0.2, 0.25) is 0 Å². The monoisotopic (exact) mass is 599 g/mol. The normalized spacial score (nSPS) is 17.1. The number of rotatable bonds is 10. The summed E-state index contributed by atoms with van der Waals surface area (Å²) in [5.41, 5.74) is 1.38. The van der Waals surface area contributed by atoms with Crippen LogP contribution in [0.15, 0.2) is 66.1 Å². The first-order chi connectivity index (χ1) is 20.2. The molecule has 42 heavy (non-hydrogen) atoms. The van der Waals surface area contributed by atoms with E-state index in [1.54, 1.807) is 29.1 Å². The Labute approximate surface area is 242 Å². The fourth-order valence-corrected chi connectivity index (χ4v) is 6.81. The van der Waals surface area contributed by atoms with Gasteiger partial charge in [0.05, 0.1) is 20.8 Å². The lowest BCUT2D eigenvalue weighted by atomic mass is 9.84. The number of anilines is 1. The van der Waals surface area contributed by atoms with Gasteiger partial charge in [-0.2, -0.15) is 5.10 Å². The average Bonchev–Trinajstić information content (AvgIpc) is 3.41. The Hall–Kier alpha value is -4.26. The zero-order valence-corrected chi connectivity index (χ0v) is 24.2. The fraction of sp³-hybridized carbons (Fsp3) is 0.345. The van der Waals surface area contributed by atoms with Crippen molar-refractivity contribution in [1.29, 1.82) is 0 Å². The highest BCUT2D eigenvalue weighted by atomic mass is 32.2. The Morgan fingerprint density at radius 3 is 2.38 bits per heavy atom. The number of hydrogen-bond acceptors (Lipinski definition) is 8. The molecular weight excluding hydrogens is 568 g/mol. The smallest absolute Gasteiger partial charge is 0.271 e. The Morgan fingerprint density at radius 2 is 1.74 bits per heavy atom. The fourth-order valence-electron chi connectivity index (χ4n) is 5.32. The van der Waals surface area contributed by atoms with Gasteiger partial charge in [0.25, 0.3) is 10.0 Å². The molecule has 5 rings (SSSR count). The lowest BCUT2D eigenvalue weighted by molar-refractivity contribution is 0.125. The lowest BCUT2D eigenvalue weighted by Crippen LogP contribution is -2.33. The Morgan fingerprint density at radius 1 is 0.976 bits per heavy atom. The van der Waals surface area contributed by atoms with Crippen molar-refractivity contribution in [3.05, 3.63) is 84.1 Å². The van der Waals surface area contributed by atoms with E-state index in [1.165, 1.54) is 26.5 Å². The largest absolute Gasteiger partial charge is 0.497 e. The molecule has 10 nitrogen and oxygen atoms in total. The van der Waals surface area contributed by atoms with Crippen LogP contribution in [-0.2, 0) is 23.6 Å². The molecule has 1 fully saturated rings. The number of aromatic nitrogens is 4. The third-order valence-electron chi connectivity index (χ3n) is 7.38. The summed E-state index contributed by atoms with van der Waals surface area (Å²) in [7, 11) is -0.0726. The number of methoxy groups -OCH3 is 2. The van der Waals surface area contributed by atoms with Gasteiger partial charge in [0.2, 0.25) is 0 Å². The molecule has 1 saturated carbocycles. The molecule has 0 bridgehead atoms. The highest BCUT2D eigenvalue weighted by Crippen LogP contribution is 2.37. The van der Waals surface area contributed by atoms with Crippen molar-refractivity contribution in [2.45, 2.75) is 49.1 Å². The van der Waals surface area contributed by atoms with Crippen LogP contribution in [0.5, 0.6) is 17.2 Å². The quantitative estimate of drug-likeness (QED) is 0.251. The number of benzene rings is 2. The van der Waals surface area contributed by atoms with E-state index in [2.05, 4.69) is 15.1 Å². The standard InChI is InChI=1S/C29H31F2N5O5S/c1-35-25(10-13-34-35)22-6-4-5-7-26(22)41-21-14-23(30)29(24(31)15-21)42(37,38)36(28-11-12-32-18-33-28)17-19-8-9-20(39-2)16-27(19)40-3/h8-16,18,22,26H,4-7,17H2,1-3H3/t22-,26+/m1/s1. The van der Waals surface area contributed by atoms with Crippen LogP contribution in [-0.4, -0.2) is 48.5 Å². The van der Waals surface area contributed by atoms with E-state index < -0.39 is 26.6 Å². The van der Waals surface area contributed by atoms with Gasteiger partial charge in [0.1, 0.15) is 47.1 Å². The van der Waals surface area contributed by atoms with Crippen LogP contribution in [0, 0.1) is 11.6 Å². The van der Waals surface area contributed by atoms with Gasteiger partial charge in [0, 0.05) is 60.9 Å². The third kappa shape index (κ3) is 5.87. The van der Waals surface area contributed by atoms with Crippen molar-refractivity contribution in [2.75, 3.05) is 18.5 Å². The molecule has 13 heteroatoms. The van der Waals surface area contributed by atoms with Gasteiger partial charge in [-0.25, -0.2) is 31.5 Å². The number of halogens is 2. The minimum Gasteiger partial charge on any atom is -0.497 e. The molecule has 222 valence electrons. The second kappa shape index (κ2) is 12.3. The van der Waals surface area contributed by atoms with Gasteiger partial charge in [-0.3, -0.25) is 4.68 Å². The molecule has 0 amide bonds. The van der Waals surface area contributed by atoms with Crippen LogP contribution >= 0.6 is 0 Å². The maximum absolute atomic E-state index is 15.6. The first kappa shape index (κ1) is 29.2. The summed E-state index contributed by atoms with van der Waals surface area (Å²) in [6, 6.07) is 9.88.